The van der Waals surface area contributed by atoms with Gasteiger partial charge >= 0.3 is 6.09 Å². The van der Waals surface area contributed by atoms with E-state index in [1.54, 1.807) is 37.4 Å². The molecule has 3 saturated carbocycles. The molecule has 300 valence electrons. The molecule has 11 nitrogen and oxygen atoms in total. The highest BCUT2D eigenvalue weighted by Gasteiger charge is 2.67. The van der Waals surface area contributed by atoms with Crippen LogP contribution in [-0.4, -0.2) is 77.9 Å². The molecule has 6 rings (SSSR count). The highest BCUT2D eigenvalue weighted by Crippen LogP contribution is 2.58. The smallest absolute Gasteiger partial charge is 0.408 e. The largest absolute Gasteiger partial charge is 0.444 e. The summed E-state index contributed by atoms with van der Waals surface area (Å²) in [5.74, 6) is -0.782. The van der Waals surface area contributed by atoms with Crippen LogP contribution in [0.25, 0.3) is 11.1 Å². The second-order valence-corrected chi connectivity index (χ2v) is 21.5. The first kappa shape index (κ1) is 41.1. The van der Waals surface area contributed by atoms with E-state index in [1.807, 2.05) is 39.0 Å². The fraction of sp³-hybridized carbons (Fsp3) is 0.619. The summed E-state index contributed by atoms with van der Waals surface area (Å²) in [5, 5.41) is 5.29. The molecular weight excluding hydrogens is 737 g/mol. The normalized spacial score (nSPS) is 25.8. The van der Waals surface area contributed by atoms with Gasteiger partial charge in [0, 0.05) is 6.54 Å². The predicted octanol–water partition coefficient (Wildman–Crippen LogP) is 6.52. The number of nitrogens with one attached hydrogen (secondary N) is 3. The summed E-state index contributed by atoms with van der Waals surface area (Å²) in [4.78, 5) is 58.4. The van der Waals surface area contributed by atoms with Crippen LogP contribution in [0.5, 0.6) is 0 Å². The molecule has 3 N–H and O–H groups in total. The van der Waals surface area contributed by atoms with Crippen LogP contribution in [-0.2, 0) is 33.9 Å². The maximum atomic E-state index is 15.0. The second kappa shape index (κ2) is 15.4. The summed E-state index contributed by atoms with van der Waals surface area (Å²) in [5.41, 5.74) is 0.155. The highest BCUT2D eigenvalue weighted by molar-refractivity contribution is 8.00. The number of unbranched alkanes of at least 4 members (excludes halogenated alkanes) is 1. The number of hydrogen-bond acceptors (Lipinski definition) is 8. The van der Waals surface area contributed by atoms with E-state index < -0.39 is 72.5 Å². The van der Waals surface area contributed by atoms with Crippen LogP contribution in [0.4, 0.5) is 4.79 Å². The molecule has 4 aliphatic rings. The predicted molar refractivity (Wildman–Crippen MR) is 215 cm³/mol. The SMILES string of the molecule is CCCCS[C@@]1(c2ccc(-c3ccccc3)cc2)C[C@@H](C(=O)N[C@]2(C(=O)NS(=O)(=O)C3CC3)C[C@H]2C2CC2)N(C(=O)[C@@H](NC(=O)OC(C)(C)C)C(C)(C)C)C1. The average Bonchev–Trinajstić information content (AvgIpc) is 3.98. The van der Waals surface area contributed by atoms with Crippen molar-refractivity contribution in [1.29, 1.82) is 0 Å². The molecular formula is C42H58N4O7S2. The summed E-state index contributed by atoms with van der Waals surface area (Å²) in [6.07, 6.45) is 4.62. The van der Waals surface area contributed by atoms with E-state index in [1.165, 1.54) is 0 Å². The van der Waals surface area contributed by atoms with E-state index in [0.29, 0.717) is 19.3 Å². The molecule has 0 aromatic heterocycles. The zero-order valence-electron chi connectivity index (χ0n) is 33.3. The first-order valence-electron chi connectivity index (χ1n) is 19.8. The minimum Gasteiger partial charge on any atom is -0.444 e. The fourth-order valence-corrected chi connectivity index (χ4v) is 10.8. The summed E-state index contributed by atoms with van der Waals surface area (Å²) in [6.45, 7) is 13.1. The Labute approximate surface area is 330 Å². The number of benzene rings is 2. The third kappa shape index (κ3) is 9.35. The number of thioether (sulfide) groups is 1. The Bertz CT molecular complexity index is 1870. The Kier molecular flexibility index (Phi) is 11.5. The Hall–Kier alpha value is -3.58. The van der Waals surface area contributed by atoms with Gasteiger partial charge in [-0.25, -0.2) is 13.2 Å². The Morgan fingerprint density at radius 2 is 1.55 bits per heavy atom. The van der Waals surface area contributed by atoms with Gasteiger partial charge in [0.1, 0.15) is 23.2 Å². The van der Waals surface area contributed by atoms with Gasteiger partial charge in [0.15, 0.2) is 0 Å². The lowest BCUT2D eigenvalue weighted by Gasteiger charge is -2.36. The molecule has 1 heterocycles. The van der Waals surface area contributed by atoms with Gasteiger partial charge in [-0.05, 0) is 105 Å². The van der Waals surface area contributed by atoms with Gasteiger partial charge in [-0.3, -0.25) is 19.1 Å². The molecule has 13 heteroatoms. The summed E-state index contributed by atoms with van der Waals surface area (Å²) < 4.78 is 33.1. The fourth-order valence-electron chi connectivity index (χ4n) is 7.79. The van der Waals surface area contributed by atoms with Crippen molar-refractivity contribution in [3.63, 3.8) is 0 Å². The first-order chi connectivity index (χ1) is 25.8. The third-order valence-electron chi connectivity index (χ3n) is 11.2. The summed E-state index contributed by atoms with van der Waals surface area (Å²) in [7, 11) is -3.85. The van der Waals surface area contributed by atoms with Crippen molar-refractivity contribution < 1.29 is 32.3 Å². The standard InChI is InChI=1S/C42H58N4O7S2/c1-8-9-23-54-41(30-19-17-28(18-20-30)27-13-11-10-12-14-27)25-33(46(26-41)36(48)34(39(2,3)4)43-38(50)53-40(5,6)7)35(47)44-42(24-32(42)29-15-16-29)37(49)45-55(51,52)31-21-22-31/h10-14,17-20,29,31-34H,8-9,15-16,21-26H2,1-7H3,(H,43,50)(H,44,47)(H,45,49)/t32-,33-,34+,41-,42+/m0/s1. The average molecular weight is 795 g/mol. The molecule has 2 aromatic rings. The van der Waals surface area contributed by atoms with Gasteiger partial charge in [0.25, 0.3) is 5.91 Å². The zero-order valence-corrected chi connectivity index (χ0v) is 34.9. The molecule has 0 spiro atoms. The Balaban J connectivity index is 1.37. The molecule has 55 heavy (non-hydrogen) atoms. The Morgan fingerprint density at radius 3 is 2.11 bits per heavy atom. The lowest BCUT2D eigenvalue weighted by molar-refractivity contribution is -0.143. The van der Waals surface area contributed by atoms with E-state index in [2.05, 4.69) is 58.7 Å². The molecule has 3 aliphatic carbocycles. The van der Waals surface area contributed by atoms with Crippen molar-refractivity contribution in [3.8, 4) is 11.1 Å². The van der Waals surface area contributed by atoms with Gasteiger partial charge < -0.3 is 20.3 Å². The molecule has 4 fully saturated rings. The molecule has 0 bridgehead atoms. The van der Waals surface area contributed by atoms with Crippen molar-refractivity contribution in [2.45, 2.75) is 133 Å². The molecule has 2 aromatic carbocycles. The Morgan fingerprint density at radius 1 is 0.909 bits per heavy atom. The maximum Gasteiger partial charge on any atom is 0.408 e. The number of sulfonamides is 1. The quantitative estimate of drug-likeness (QED) is 0.183. The number of carbonyl (C=O) groups excluding carboxylic acids is 4. The molecule has 1 saturated heterocycles. The van der Waals surface area contributed by atoms with Gasteiger partial charge in [0.2, 0.25) is 21.8 Å². The van der Waals surface area contributed by atoms with Crippen LogP contribution in [0, 0.1) is 17.3 Å². The van der Waals surface area contributed by atoms with E-state index in [0.717, 1.165) is 48.1 Å². The van der Waals surface area contributed by atoms with E-state index >= 15 is 0 Å². The molecule has 1 aliphatic heterocycles. The zero-order chi connectivity index (χ0) is 40.0. The lowest BCUT2D eigenvalue weighted by atomic mass is 9.85. The van der Waals surface area contributed by atoms with Crippen LogP contribution in [0.15, 0.2) is 54.6 Å². The van der Waals surface area contributed by atoms with Crippen molar-refractivity contribution >= 4 is 45.6 Å². The number of likely N-dealkylation sites (tertiary alicyclic amines) is 1. The number of alkyl carbamates (subject to hydrolysis) is 1. The highest BCUT2D eigenvalue weighted by atomic mass is 32.2. The topological polar surface area (TPSA) is 151 Å². The van der Waals surface area contributed by atoms with E-state index in [9.17, 15) is 27.6 Å². The number of nitrogens with zero attached hydrogens (tertiary/aromatic N) is 1. The van der Waals surface area contributed by atoms with Crippen molar-refractivity contribution in [2.75, 3.05) is 12.3 Å². The summed E-state index contributed by atoms with van der Waals surface area (Å²) >= 11 is 1.72. The minimum atomic E-state index is -3.85. The van der Waals surface area contributed by atoms with E-state index in [-0.39, 0.29) is 24.8 Å². The molecule has 0 unspecified atom stereocenters. The minimum absolute atomic E-state index is 0.179. The molecule has 4 amide bonds. The number of amides is 4. The monoisotopic (exact) mass is 794 g/mol. The van der Waals surface area contributed by atoms with Crippen LogP contribution in [0.1, 0.15) is 105 Å². The van der Waals surface area contributed by atoms with Crippen molar-refractivity contribution in [2.24, 2.45) is 17.3 Å². The first-order valence-corrected chi connectivity index (χ1v) is 22.3. The van der Waals surface area contributed by atoms with E-state index in [4.69, 9.17) is 4.74 Å². The maximum absolute atomic E-state index is 15.0. The number of ether oxygens (including phenoxy) is 1. The second-order valence-electron chi connectivity index (χ2n) is 18.1. The summed E-state index contributed by atoms with van der Waals surface area (Å²) in [6, 6.07) is 16.3. The van der Waals surface area contributed by atoms with Crippen molar-refractivity contribution in [1.82, 2.24) is 20.3 Å². The third-order valence-corrected chi connectivity index (χ3v) is 14.6. The van der Waals surface area contributed by atoms with Gasteiger partial charge in [0.05, 0.1) is 10.00 Å². The van der Waals surface area contributed by atoms with Gasteiger partial charge in [-0.15, -0.1) is 11.8 Å². The van der Waals surface area contributed by atoms with Crippen LogP contribution in [0.3, 0.4) is 0 Å². The van der Waals surface area contributed by atoms with Crippen molar-refractivity contribution in [3.05, 3.63) is 60.2 Å². The lowest BCUT2D eigenvalue weighted by Crippen LogP contribution is -2.60. The molecule has 0 radical (unpaired) electrons. The van der Waals surface area contributed by atoms with Crippen LogP contribution < -0.4 is 15.4 Å². The van der Waals surface area contributed by atoms with Gasteiger partial charge in [-0.1, -0.05) is 88.7 Å². The van der Waals surface area contributed by atoms with Gasteiger partial charge in [-0.2, -0.15) is 0 Å². The molecule has 5 atom stereocenters. The number of hydrogen-bond donors (Lipinski definition) is 3. The van der Waals surface area contributed by atoms with Crippen LogP contribution >= 0.6 is 11.8 Å². The number of carbonyl (C=O) groups is 4. The van der Waals surface area contributed by atoms with Crippen LogP contribution in [0.2, 0.25) is 0 Å². The number of rotatable bonds is 14.